The molecular formula is C10H23N. The Morgan fingerprint density at radius 3 is 1.73 bits per heavy atom. The minimum absolute atomic E-state index is 0.706. The SMILES string of the molecule is CC(C)CN(C)C(C)C(C)C. The van der Waals surface area contributed by atoms with Gasteiger partial charge in [0, 0.05) is 12.6 Å². The van der Waals surface area contributed by atoms with E-state index >= 15 is 0 Å². The third kappa shape index (κ3) is 4.41. The molecule has 1 unspecified atom stereocenters. The van der Waals surface area contributed by atoms with Crippen LogP contribution in [0.5, 0.6) is 0 Å². The molecule has 0 aromatic rings. The zero-order valence-electron chi connectivity index (χ0n) is 8.89. The summed E-state index contributed by atoms with van der Waals surface area (Å²) in [4.78, 5) is 2.44. The Kier molecular flexibility index (Phi) is 4.74. The highest BCUT2D eigenvalue weighted by Gasteiger charge is 2.13. The molecule has 0 amide bonds. The maximum absolute atomic E-state index is 2.44. The smallest absolute Gasteiger partial charge is 0.00869 e. The minimum atomic E-state index is 0.706. The highest BCUT2D eigenvalue weighted by Crippen LogP contribution is 2.09. The van der Waals surface area contributed by atoms with Crippen LogP contribution >= 0.6 is 0 Å². The fourth-order valence-corrected chi connectivity index (χ4v) is 1.25. The van der Waals surface area contributed by atoms with Crippen molar-refractivity contribution < 1.29 is 0 Å². The van der Waals surface area contributed by atoms with Crippen molar-refractivity contribution >= 4 is 0 Å². The van der Waals surface area contributed by atoms with E-state index in [0.717, 1.165) is 11.8 Å². The predicted molar refractivity (Wildman–Crippen MR) is 51.8 cm³/mol. The van der Waals surface area contributed by atoms with Crippen LogP contribution in [0.25, 0.3) is 0 Å². The lowest BCUT2D eigenvalue weighted by molar-refractivity contribution is 0.188. The van der Waals surface area contributed by atoms with Crippen molar-refractivity contribution in [3.05, 3.63) is 0 Å². The van der Waals surface area contributed by atoms with Crippen LogP contribution in [0.2, 0.25) is 0 Å². The zero-order valence-corrected chi connectivity index (χ0v) is 8.89. The molecule has 0 aromatic heterocycles. The molecule has 0 bridgehead atoms. The van der Waals surface area contributed by atoms with Gasteiger partial charge in [0.2, 0.25) is 0 Å². The summed E-state index contributed by atoms with van der Waals surface area (Å²) in [6, 6.07) is 0.706. The monoisotopic (exact) mass is 157 g/mol. The van der Waals surface area contributed by atoms with Crippen molar-refractivity contribution in [1.29, 1.82) is 0 Å². The average molecular weight is 157 g/mol. The van der Waals surface area contributed by atoms with Crippen LogP contribution in [0, 0.1) is 11.8 Å². The second kappa shape index (κ2) is 4.76. The number of nitrogens with zero attached hydrogens (tertiary/aromatic N) is 1. The summed E-state index contributed by atoms with van der Waals surface area (Å²) in [7, 11) is 2.21. The Balaban J connectivity index is 3.73. The van der Waals surface area contributed by atoms with Gasteiger partial charge in [0.25, 0.3) is 0 Å². The minimum Gasteiger partial charge on any atom is -0.303 e. The highest BCUT2D eigenvalue weighted by molar-refractivity contribution is 4.67. The van der Waals surface area contributed by atoms with Gasteiger partial charge in [0.05, 0.1) is 0 Å². The summed E-state index contributed by atoms with van der Waals surface area (Å²) < 4.78 is 0. The third-order valence-electron chi connectivity index (χ3n) is 2.31. The summed E-state index contributed by atoms with van der Waals surface area (Å²) >= 11 is 0. The molecule has 1 heteroatoms. The molecule has 68 valence electrons. The van der Waals surface area contributed by atoms with Crippen LogP contribution in [0.3, 0.4) is 0 Å². The third-order valence-corrected chi connectivity index (χ3v) is 2.31. The van der Waals surface area contributed by atoms with Crippen molar-refractivity contribution in [3.63, 3.8) is 0 Å². The molecule has 0 aliphatic carbocycles. The molecule has 0 aliphatic heterocycles. The molecule has 11 heavy (non-hydrogen) atoms. The second-order valence-electron chi connectivity index (χ2n) is 4.32. The van der Waals surface area contributed by atoms with Gasteiger partial charge in [-0.3, -0.25) is 0 Å². The van der Waals surface area contributed by atoms with Crippen molar-refractivity contribution in [2.24, 2.45) is 11.8 Å². The zero-order chi connectivity index (χ0) is 9.02. The van der Waals surface area contributed by atoms with Gasteiger partial charge in [-0.05, 0) is 25.8 Å². The topological polar surface area (TPSA) is 3.24 Å². The summed E-state index contributed by atoms with van der Waals surface area (Å²) in [6.45, 7) is 12.6. The van der Waals surface area contributed by atoms with Gasteiger partial charge < -0.3 is 4.90 Å². The Hall–Kier alpha value is -0.0400. The van der Waals surface area contributed by atoms with E-state index < -0.39 is 0 Å². The van der Waals surface area contributed by atoms with E-state index in [2.05, 4.69) is 46.6 Å². The largest absolute Gasteiger partial charge is 0.303 e. The molecule has 0 spiro atoms. The van der Waals surface area contributed by atoms with Crippen LogP contribution in [0.4, 0.5) is 0 Å². The standard InChI is InChI=1S/C10H23N/c1-8(2)7-11(6)10(5)9(3)4/h8-10H,7H2,1-6H3. The first-order chi connectivity index (χ1) is 4.95. The Morgan fingerprint density at radius 1 is 1.00 bits per heavy atom. The van der Waals surface area contributed by atoms with E-state index in [1.807, 2.05) is 0 Å². The number of rotatable bonds is 4. The first-order valence-electron chi connectivity index (χ1n) is 4.65. The van der Waals surface area contributed by atoms with Crippen LogP contribution in [0.1, 0.15) is 34.6 Å². The van der Waals surface area contributed by atoms with Gasteiger partial charge in [-0.25, -0.2) is 0 Å². The Morgan fingerprint density at radius 2 is 1.45 bits per heavy atom. The van der Waals surface area contributed by atoms with Gasteiger partial charge in [-0.15, -0.1) is 0 Å². The van der Waals surface area contributed by atoms with Gasteiger partial charge in [-0.1, -0.05) is 27.7 Å². The van der Waals surface area contributed by atoms with Gasteiger partial charge in [-0.2, -0.15) is 0 Å². The molecule has 1 atom stereocenters. The Bertz CT molecular complexity index is 97.0. The van der Waals surface area contributed by atoms with Gasteiger partial charge in [0.1, 0.15) is 0 Å². The molecule has 0 heterocycles. The van der Waals surface area contributed by atoms with Crippen molar-refractivity contribution in [1.82, 2.24) is 4.90 Å². The van der Waals surface area contributed by atoms with Crippen molar-refractivity contribution in [2.45, 2.75) is 40.7 Å². The molecule has 0 radical (unpaired) electrons. The molecule has 0 saturated heterocycles. The van der Waals surface area contributed by atoms with E-state index in [1.165, 1.54) is 6.54 Å². The van der Waals surface area contributed by atoms with E-state index in [-0.39, 0.29) is 0 Å². The maximum Gasteiger partial charge on any atom is 0.00869 e. The average Bonchev–Trinajstić information content (AvgIpc) is 1.84. The first-order valence-corrected chi connectivity index (χ1v) is 4.65. The molecule has 0 aliphatic rings. The van der Waals surface area contributed by atoms with E-state index in [4.69, 9.17) is 0 Å². The van der Waals surface area contributed by atoms with E-state index in [9.17, 15) is 0 Å². The van der Waals surface area contributed by atoms with E-state index in [1.54, 1.807) is 0 Å². The lowest BCUT2D eigenvalue weighted by Crippen LogP contribution is -2.35. The maximum atomic E-state index is 2.44. The molecule has 0 rings (SSSR count). The van der Waals surface area contributed by atoms with Gasteiger partial charge in [0.15, 0.2) is 0 Å². The van der Waals surface area contributed by atoms with Crippen molar-refractivity contribution in [3.8, 4) is 0 Å². The second-order valence-corrected chi connectivity index (χ2v) is 4.32. The van der Waals surface area contributed by atoms with Gasteiger partial charge >= 0.3 is 0 Å². The molecule has 0 aromatic carbocycles. The predicted octanol–water partition coefficient (Wildman–Crippen LogP) is 2.62. The van der Waals surface area contributed by atoms with Crippen molar-refractivity contribution in [2.75, 3.05) is 13.6 Å². The Labute approximate surface area is 71.8 Å². The lowest BCUT2D eigenvalue weighted by atomic mass is 10.0. The molecular weight excluding hydrogens is 134 g/mol. The summed E-state index contributed by atoms with van der Waals surface area (Å²) in [6.07, 6.45) is 0. The normalized spacial score (nSPS) is 15.0. The molecule has 0 saturated carbocycles. The highest BCUT2D eigenvalue weighted by atomic mass is 15.1. The number of hydrogen-bond donors (Lipinski definition) is 0. The summed E-state index contributed by atoms with van der Waals surface area (Å²) in [5.41, 5.74) is 0. The van der Waals surface area contributed by atoms with Crippen LogP contribution < -0.4 is 0 Å². The van der Waals surface area contributed by atoms with Crippen LogP contribution in [-0.2, 0) is 0 Å². The first kappa shape index (κ1) is 11.0. The van der Waals surface area contributed by atoms with Crippen LogP contribution in [-0.4, -0.2) is 24.5 Å². The fraction of sp³-hybridized carbons (Fsp3) is 1.00. The molecule has 0 fully saturated rings. The quantitative estimate of drug-likeness (QED) is 0.606. The number of hydrogen-bond acceptors (Lipinski definition) is 1. The lowest BCUT2D eigenvalue weighted by Gasteiger charge is -2.29. The van der Waals surface area contributed by atoms with E-state index in [0.29, 0.717) is 6.04 Å². The fourth-order valence-electron chi connectivity index (χ4n) is 1.25. The molecule has 0 N–H and O–H groups in total. The molecule has 1 nitrogen and oxygen atoms in total. The summed E-state index contributed by atoms with van der Waals surface area (Å²) in [5.74, 6) is 1.54. The summed E-state index contributed by atoms with van der Waals surface area (Å²) in [5, 5.41) is 0. The van der Waals surface area contributed by atoms with Crippen LogP contribution in [0.15, 0.2) is 0 Å².